The van der Waals surface area contributed by atoms with Crippen LogP contribution >= 0.6 is 0 Å². The predicted octanol–water partition coefficient (Wildman–Crippen LogP) is 2.55. The Kier molecular flexibility index (Phi) is 7.67. The van der Waals surface area contributed by atoms with Gasteiger partial charge in [-0.3, -0.25) is 14.5 Å². The van der Waals surface area contributed by atoms with Gasteiger partial charge in [0.15, 0.2) is 11.5 Å². The molecule has 186 valence electrons. The van der Waals surface area contributed by atoms with Crippen LogP contribution in [0.3, 0.4) is 0 Å². The fourth-order valence-electron chi connectivity index (χ4n) is 4.53. The maximum absolute atomic E-state index is 13.1. The number of nitrogens with zero attached hydrogens (tertiary/aromatic N) is 3. The van der Waals surface area contributed by atoms with E-state index in [1.54, 1.807) is 43.9 Å². The Balaban J connectivity index is 1.59. The second-order valence-corrected chi connectivity index (χ2v) is 8.44. The van der Waals surface area contributed by atoms with Crippen LogP contribution in [0.15, 0.2) is 41.2 Å². The molecular weight excluding hydrogens is 448 g/mol. The number of carbonyl (C=O) groups is 1. The molecule has 1 aliphatic heterocycles. The summed E-state index contributed by atoms with van der Waals surface area (Å²) in [6, 6.07) is 11.0. The summed E-state index contributed by atoms with van der Waals surface area (Å²) in [6.07, 6.45) is 0. The zero-order chi connectivity index (χ0) is 24.9. The molecule has 35 heavy (non-hydrogen) atoms. The Morgan fingerprint density at radius 2 is 1.86 bits per heavy atom. The molecule has 9 heteroatoms. The molecule has 3 aromatic rings. The van der Waals surface area contributed by atoms with Crippen molar-refractivity contribution in [1.82, 2.24) is 19.8 Å². The van der Waals surface area contributed by atoms with Gasteiger partial charge < -0.3 is 24.1 Å². The van der Waals surface area contributed by atoms with Crippen molar-refractivity contribution in [3.8, 4) is 11.5 Å². The SMILES string of the molecule is CCn1c(=O)c(C)nc2cc(C(=O)NCC(c3ccc(OC)c(OC)c3)N3CCOCC3)ccc21. The highest BCUT2D eigenvalue weighted by Crippen LogP contribution is 2.32. The highest BCUT2D eigenvalue weighted by Gasteiger charge is 2.25. The molecule has 1 N–H and O–H groups in total. The number of aryl methyl sites for hydroxylation is 2. The van der Waals surface area contributed by atoms with E-state index in [2.05, 4.69) is 15.2 Å². The summed E-state index contributed by atoms with van der Waals surface area (Å²) >= 11 is 0. The van der Waals surface area contributed by atoms with Gasteiger partial charge in [0.2, 0.25) is 0 Å². The first-order valence-electron chi connectivity index (χ1n) is 11.8. The fraction of sp³-hybridized carbons (Fsp3) is 0.423. The average molecular weight is 481 g/mol. The summed E-state index contributed by atoms with van der Waals surface area (Å²) in [5.74, 6) is 1.11. The van der Waals surface area contributed by atoms with Gasteiger partial charge in [-0.05, 0) is 49.7 Å². The Morgan fingerprint density at radius 3 is 2.54 bits per heavy atom. The van der Waals surface area contributed by atoms with Crippen molar-refractivity contribution in [2.24, 2.45) is 0 Å². The van der Waals surface area contributed by atoms with E-state index in [1.165, 1.54) is 0 Å². The van der Waals surface area contributed by atoms with Crippen molar-refractivity contribution < 1.29 is 19.0 Å². The molecule has 1 saturated heterocycles. The molecular formula is C26H32N4O5. The minimum Gasteiger partial charge on any atom is -0.493 e. The van der Waals surface area contributed by atoms with Crippen molar-refractivity contribution >= 4 is 16.9 Å². The third-order valence-electron chi connectivity index (χ3n) is 6.42. The molecule has 1 fully saturated rings. The molecule has 9 nitrogen and oxygen atoms in total. The van der Waals surface area contributed by atoms with Gasteiger partial charge in [-0.15, -0.1) is 0 Å². The summed E-state index contributed by atoms with van der Waals surface area (Å²) < 4.78 is 18.1. The van der Waals surface area contributed by atoms with E-state index in [4.69, 9.17) is 14.2 Å². The number of amides is 1. The lowest BCUT2D eigenvalue weighted by Crippen LogP contribution is -2.43. The molecule has 0 bridgehead atoms. The molecule has 1 aromatic heterocycles. The first kappa shape index (κ1) is 24.7. The number of carbonyl (C=O) groups excluding carboxylic acids is 1. The quantitative estimate of drug-likeness (QED) is 0.529. The van der Waals surface area contributed by atoms with Gasteiger partial charge in [-0.2, -0.15) is 0 Å². The lowest BCUT2D eigenvalue weighted by molar-refractivity contribution is 0.0162. The van der Waals surface area contributed by atoms with Gasteiger partial charge in [0.25, 0.3) is 11.5 Å². The van der Waals surface area contributed by atoms with E-state index in [0.717, 1.165) is 24.2 Å². The van der Waals surface area contributed by atoms with Crippen LogP contribution in [0.4, 0.5) is 0 Å². The van der Waals surface area contributed by atoms with E-state index < -0.39 is 0 Å². The first-order chi connectivity index (χ1) is 17.0. The molecule has 0 spiro atoms. The lowest BCUT2D eigenvalue weighted by atomic mass is 10.0. The largest absolute Gasteiger partial charge is 0.493 e. The van der Waals surface area contributed by atoms with E-state index in [9.17, 15) is 9.59 Å². The lowest BCUT2D eigenvalue weighted by Gasteiger charge is -2.35. The van der Waals surface area contributed by atoms with Crippen LogP contribution in [-0.4, -0.2) is 67.4 Å². The highest BCUT2D eigenvalue weighted by molar-refractivity contribution is 5.97. The molecule has 1 amide bonds. The highest BCUT2D eigenvalue weighted by atomic mass is 16.5. The maximum Gasteiger partial charge on any atom is 0.272 e. The molecule has 1 aliphatic rings. The van der Waals surface area contributed by atoms with Crippen LogP contribution < -0.4 is 20.3 Å². The number of hydrogen-bond acceptors (Lipinski definition) is 7. The molecule has 0 aliphatic carbocycles. The smallest absolute Gasteiger partial charge is 0.272 e. The second-order valence-electron chi connectivity index (χ2n) is 8.44. The standard InChI is InChI=1S/C26H32N4O5/c1-5-30-21-8-6-19(14-20(21)28-17(2)26(30)32)25(31)27-16-22(29-10-12-35-13-11-29)18-7-9-23(33-3)24(15-18)34-4/h6-9,14-15,22H,5,10-13,16H2,1-4H3,(H,27,31). The number of benzene rings is 2. The van der Waals surface area contributed by atoms with Gasteiger partial charge in [0.05, 0.1) is 44.5 Å². The molecule has 0 radical (unpaired) electrons. The summed E-state index contributed by atoms with van der Waals surface area (Å²) in [5, 5.41) is 3.09. The van der Waals surface area contributed by atoms with Crippen LogP contribution in [0, 0.1) is 6.92 Å². The van der Waals surface area contributed by atoms with Crippen molar-refractivity contribution in [3.05, 3.63) is 63.6 Å². The van der Waals surface area contributed by atoms with Crippen molar-refractivity contribution in [2.75, 3.05) is 47.1 Å². The zero-order valence-electron chi connectivity index (χ0n) is 20.7. The van der Waals surface area contributed by atoms with Crippen LogP contribution in [0.5, 0.6) is 11.5 Å². The van der Waals surface area contributed by atoms with Gasteiger partial charge in [-0.25, -0.2) is 4.98 Å². The molecule has 1 unspecified atom stereocenters. The van der Waals surface area contributed by atoms with Crippen molar-refractivity contribution in [1.29, 1.82) is 0 Å². The van der Waals surface area contributed by atoms with Crippen LogP contribution in [0.1, 0.15) is 34.6 Å². The third kappa shape index (κ3) is 5.16. The minimum atomic E-state index is -0.195. The predicted molar refractivity (Wildman–Crippen MR) is 133 cm³/mol. The number of nitrogens with one attached hydrogen (secondary N) is 1. The Labute approximate surface area is 204 Å². The number of hydrogen-bond donors (Lipinski definition) is 1. The molecule has 2 aromatic carbocycles. The number of rotatable bonds is 8. The molecule has 4 rings (SSSR count). The van der Waals surface area contributed by atoms with E-state index in [-0.39, 0.29) is 17.5 Å². The topological polar surface area (TPSA) is 94.9 Å². The number of aromatic nitrogens is 2. The monoisotopic (exact) mass is 480 g/mol. The van der Waals surface area contributed by atoms with Crippen LogP contribution in [0.25, 0.3) is 11.0 Å². The van der Waals surface area contributed by atoms with Gasteiger partial charge in [0, 0.05) is 31.7 Å². The zero-order valence-corrected chi connectivity index (χ0v) is 20.7. The molecule has 2 heterocycles. The number of morpholine rings is 1. The summed E-state index contributed by atoms with van der Waals surface area (Å²) in [6.45, 7) is 7.38. The summed E-state index contributed by atoms with van der Waals surface area (Å²) in [5.41, 5.74) is 3.17. The Hall–Kier alpha value is -3.43. The van der Waals surface area contributed by atoms with E-state index in [0.29, 0.717) is 54.6 Å². The Bertz CT molecular complexity index is 1270. The second kappa shape index (κ2) is 10.9. The number of ether oxygens (including phenoxy) is 3. The van der Waals surface area contributed by atoms with Crippen LogP contribution in [-0.2, 0) is 11.3 Å². The third-order valence-corrected chi connectivity index (χ3v) is 6.42. The summed E-state index contributed by atoms with van der Waals surface area (Å²) in [7, 11) is 3.22. The van der Waals surface area contributed by atoms with Crippen molar-refractivity contribution in [3.63, 3.8) is 0 Å². The summed E-state index contributed by atoms with van der Waals surface area (Å²) in [4.78, 5) is 32.2. The van der Waals surface area contributed by atoms with Crippen molar-refractivity contribution in [2.45, 2.75) is 26.4 Å². The number of fused-ring (bicyclic) bond motifs is 1. The van der Waals surface area contributed by atoms with Crippen LogP contribution in [0.2, 0.25) is 0 Å². The number of methoxy groups -OCH3 is 2. The van der Waals surface area contributed by atoms with Gasteiger partial charge >= 0.3 is 0 Å². The molecule has 0 saturated carbocycles. The van der Waals surface area contributed by atoms with E-state index in [1.807, 2.05) is 25.1 Å². The normalized spacial score (nSPS) is 15.1. The maximum atomic E-state index is 13.1. The average Bonchev–Trinajstić information content (AvgIpc) is 2.89. The minimum absolute atomic E-state index is 0.0613. The Morgan fingerprint density at radius 1 is 1.11 bits per heavy atom. The van der Waals surface area contributed by atoms with Gasteiger partial charge in [0.1, 0.15) is 5.69 Å². The fourth-order valence-corrected chi connectivity index (χ4v) is 4.53. The molecule has 1 atom stereocenters. The van der Waals surface area contributed by atoms with Gasteiger partial charge in [-0.1, -0.05) is 6.07 Å². The van der Waals surface area contributed by atoms with E-state index >= 15 is 0 Å². The first-order valence-corrected chi connectivity index (χ1v) is 11.8.